The first-order valence-corrected chi connectivity index (χ1v) is 6.68. The van der Waals surface area contributed by atoms with E-state index in [0.29, 0.717) is 5.56 Å². The lowest BCUT2D eigenvalue weighted by atomic mass is 10.1. The zero-order chi connectivity index (χ0) is 15.0. The van der Waals surface area contributed by atoms with Crippen LogP contribution < -0.4 is 5.32 Å². The molecule has 0 radical (unpaired) electrons. The summed E-state index contributed by atoms with van der Waals surface area (Å²) in [5, 5.41) is 3.48. The van der Waals surface area contributed by atoms with Gasteiger partial charge >= 0.3 is 0 Å². The van der Waals surface area contributed by atoms with E-state index >= 15 is 0 Å². The number of para-hydroxylation sites is 1. The number of anilines is 1. The van der Waals surface area contributed by atoms with E-state index in [2.05, 4.69) is 5.32 Å². The summed E-state index contributed by atoms with van der Waals surface area (Å²) in [6.07, 6.45) is 1.76. The number of nitrogens with zero attached hydrogens (tertiary/aromatic N) is 1. The van der Waals surface area contributed by atoms with Crippen molar-refractivity contribution in [3.63, 3.8) is 0 Å². The number of halogens is 1. The Balaban J connectivity index is 1.98. The molecule has 1 N–H and O–H groups in total. The molecule has 21 heavy (non-hydrogen) atoms. The van der Waals surface area contributed by atoms with E-state index in [9.17, 15) is 9.18 Å². The summed E-state index contributed by atoms with van der Waals surface area (Å²) >= 11 is 0. The van der Waals surface area contributed by atoms with Gasteiger partial charge in [0.15, 0.2) is 0 Å². The minimum absolute atomic E-state index is 0.193. The Labute approximate surface area is 122 Å². The summed E-state index contributed by atoms with van der Waals surface area (Å²) < 4.78 is 15.7. The predicted octanol–water partition coefficient (Wildman–Crippen LogP) is 3.88. The average molecular weight is 282 g/mol. The largest absolute Gasteiger partial charge is 0.350 e. The van der Waals surface area contributed by atoms with Crippen molar-refractivity contribution >= 4 is 22.5 Å². The van der Waals surface area contributed by atoms with Crippen molar-refractivity contribution in [3.8, 4) is 0 Å². The molecule has 3 nitrogen and oxygen atoms in total. The highest BCUT2D eigenvalue weighted by Crippen LogP contribution is 2.22. The summed E-state index contributed by atoms with van der Waals surface area (Å²) in [6.45, 7) is 1.80. The lowest BCUT2D eigenvalue weighted by molar-refractivity contribution is 0.102. The molecule has 0 atom stereocenters. The Bertz CT molecular complexity index is 836. The number of amides is 1. The molecule has 0 aliphatic rings. The Morgan fingerprint density at radius 1 is 1.19 bits per heavy atom. The first-order valence-electron chi connectivity index (χ1n) is 6.68. The topological polar surface area (TPSA) is 34.0 Å². The normalized spacial score (nSPS) is 10.8. The fourth-order valence-corrected chi connectivity index (χ4v) is 2.43. The Morgan fingerprint density at radius 2 is 1.95 bits per heavy atom. The minimum atomic E-state index is -0.427. The molecule has 0 aliphatic carbocycles. The molecule has 1 aromatic heterocycles. The molecule has 2 aromatic carbocycles. The van der Waals surface area contributed by atoms with Crippen LogP contribution in [0.25, 0.3) is 10.9 Å². The van der Waals surface area contributed by atoms with Crippen LogP contribution in [0.15, 0.2) is 48.7 Å². The zero-order valence-electron chi connectivity index (χ0n) is 11.9. The highest BCUT2D eigenvalue weighted by Gasteiger charge is 2.15. The van der Waals surface area contributed by atoms with Crippen molar-refractivity contribution in [2.45, 2.75) is 6.92 Å². The number of benzene rings is 2. The third kappa shape index (κ3) is 2.40. The second-order valence-electron chi connectivity index (χ2n) is 5.11. The molecule has 3 aromatic rings. The maximum absolute atomic E-state index is 13.8. The van der Waals surface area contributed by atoms with Crippen molar-refractivity contribution in [3.05, 3.63) is 65.6 Å². The number of fused-ring (bicyclic) bond motifs is 1. The molecule has 0 spiro atoms. The van der Waals surface area contributed by atoms with Crippen LogP contribution in [0.1, 0.15) is 15.9 Å². The predicted molar refractivity (Wildman–Crippen MR) is 82.0 cm³/mol. The molecule has 0 saturated heterocycles. The van der Waals surface area contributed by atoms with E-state index < -0.39 is 5.82 Å². The fourth-order valence-electron chi connectivity index (χ4n) is 2.43. The number of nitrogens with one attached hydrogen (secondary N) is 1. The molecule has 0 saturated carbocycles. The van der Waals surface area contributed by atoms with Gasteiger partial charge in [0.2, 0.25) is 0 Å². The number of aryl methyl sites for hydroxylation is 2. The summed E-state index contributed by atoms with van der Waals surface area (Å²) in [5.41, 5.74) is 2.51. The van der Waals surface area contributed by atoms with Gasteiger partial charge < -0.3 is 9.88 Å². The standard InChI is InChI=1S/C17H15FN2O/c1-11-7-8-15(14(18)9-11)19-17(21)13-10-20(2)16-6-4-3-5-12(13)16/h3-10H,1-2H3,(H,19,21). The molecule has 1 heterocycles. The SMILES string of the molecule is Cc1ccc(NC(=O)c2cn(C)c3ccccc23)c(F)c1. The van der Waals surface area contributed by atoms with Crippen LogP contribution in [0.2, 0.25) is 0 Å². The Kier molecular flexibility index (Phi) is 3.22. The van der Waals surface area contributed by atoms with Crippen LogP contribution >= 0.6 is 0 Å². The van der Waals surface area contributed by atoms with Crippen molar-refractivity contribution in [1.82, 2.24) is 4.57 Å². The van der Waals surface area contributed by atoms with Crippen LogP contribution in [0, 0.1) is 12.7 Å². The third-order valence-corrected chi connectivity index (χ3v) is 3.51. The molecule has 0 unspecified atom stereocenters. The molecule has 3 rings (SSSR count). The van der Waals surface area contributed by atoms with Crippen molar-refractivity contribution in [2.75, 3.05) is 5.32 Å². The molecule has 1 amide bonds. The van der Waals surface area contributed by atoms with Gasteiger partial charge in [0.25, 0.3) is 5.91 Å². The van der Waals surface area contributed by atoms with Gasteiger partial charge in [0, 0.05) is 24.1 Å². The van der Waals surface area contributed by atoms with Crippen molar-refractivity contribution in [2.24, 2.45) is 7.05 Å². The highest BCUT2D eigenvalue weighted by molar-refractivity contribution is 6.13. The number of hydrogen-bond acceptors (Lipinski definition) is 1. The average Bonchev–Trinajstić information content (AvgIpc) is 2.80. The number of aromatic nitrogens is 1. The van der Waals surface area contributed by atoms with Gasteiger partial charge in [-0.25, -0.2) is 4.39 Å². The molecule has 106 valence electrons. The van der Waals surface area contributed by atoms with E-state index in [-0.39, 0.29) is 11.6 Å². The van der Waals surface area contributed by atoms with E-state index in [4.69, 9.17) is 0 Å². The van der Waals surface area contributed by atoms with Gasteiger partial charge in [-0.05, 0) is 30.7 Å². The summed E-state index contributed by atoms with van der Waals surface area (Å²) in [7, 11) is 1.88. The summed E-state index contributed by atoms with van der Waals surface area (Å²) in [6, 6.07) is 12.4. The van der Waals surface area contributed by atoms with Crippen LogP contribution in [0.5, 0.6) is 0 Å². The van der Waals surface area contributed by atoms with Gasteiger partial charge in [0.05, 0.1) is 11.3 Å². The maximum Gasteiger partial charge on any atom is 0.257 e. The van der Waals surface area contributed by atoms with E-state index in [1.165, 1.54) is 6.07 Å². The summed E-state index contributed by atoms with van der Waals surface area (Å²) in [5.74, 6) is -0.738. The van der Waals surface area contributed by atoms with Crippen LogP contribution in [-0.2, 0) is 7.05 Å². The van der Waals surface area contributed by atoms with Gasteiger partial charge in [-0.15, -0.1) is 0 Å². The van der Waals surface area contributed by atoms with Gasteiger partial charge in [-0.3, -0.25) is 4.79 Å². The Morgan fingerprint density at radius 3 is 2.71 bits per heavy atom. The molecular formula is C17H15FN2O. The molecule has 4 heteroatoms. The lowest BCUT2D eigenvalue weighted by Crippen LogP contribution is -2.12. The van der Waals surface area contributed by atoms with Crippen LogP contribution in [0.4, 0.5) is 10.1 Å². The second kappa shape index (κ2) is 5.05. The molecule has 0 fully saturated rings. The van der Waals surface area contributed by atoms with E-state index in [0.717, 1.165) is 16.5 Å². The highest BCUT2D eigenvalue weighted by atomic mass is 19.1. The number of carbonyl (C=O) groups excluding carboxylic acids is 1. The fraction of sp³-hybridized carbons (Fsp3) is 0.118. The van der Waals surface area contributed by atoms with Gasteiger partial charge in [0.1, 0.15) is 5.82 Å². The Hall–Kier alpha value is -2.62. The smallest absolute Gasteiger partial charge is 0.257 e. The molecular weight excluding hydrogens is 267 g/mol. The minimum Gasteiger partial charge on any atom is -0.350 e. The molecule has 0 bridgehead atoms. The van der Waals surface area contributed by atoms with Crippen LogP contribution in [-0.4, -0.2) is 10.5 Å². The van der Waals surface area contributed by atoms with Gasteiger partial charge in [-0.2, -0.15) is 0 Å². The third-order valence-electron chi connectivity index (χ3n) is 3.51. The number of rotatable bonds is 2. The first-order chi connectivity index (χ1) is 10.1. The first kappa shape index (κ1) is 13.4. The van der Waals surface area contributed by atoms with E-state index in [1.54, 1.807) is 25.3 Å². The molecule has 0 aliphatic heterocycles. The zero-order valence-corrected chi connectivity index (χ0v) is 11.9. The number of carbonyl (C=O) groups is 1. The second-order valence-corrected chi connectivity index (χ2v) is 5.11. The van der Waals surface area contributed by atoms with Crippen molar-refractivity contribution in [1.29, 1.82) is 0 Å². The quantitative estimate of drug-likeness (QED) is 0.760. The monoisotopic (exact) mass is 282 g/mol. The van der Waals surface area contributed by atoms with Gasteiger partial charge in [-0.1, -0.05) is 24.3 Å². The van der Waals surface area contributed by atoms with Crippen molar-refractivity contribution < 1.29 is 9.18 Å². The number of hydrogen-bond donors (Lipinski definition) is 1. The maximum atomic E-state index is 13.8. The van der Waals surface area contributed by atoms with Crippen LogP contribution in [0.3, 0.4) is 0 Å². The summed E-state index contributed by atoms with van der Waals surface area (Å²) in [4.78, 5) is 12.4. The lowest BCUT2D eigenvalue weighted by Gasteiger charge is -2.06. The van der Waals surface area contributed by atoms with E-state index in [1.807, 2.05) is 35.9 Å².